The summed E-state index contributed by atoms with van der Waals surface area (Å²) in [4.78, 5) is 8.56. The molecule has 0 aromatic rings. The molecule has 0 aromatic heterocycles. The normalized spacial score (nSPS) is 10.2. The molecule has 0 atom stereocenters. The molecule has 0 unspecified atom stereocenters. The molecule has 80 valence electrons. The van der Waals surface area contributed by atoms with E-state index in [4.69, 9.17) is 15.0 Å². The Bertz CT molecular complexity index is 121. The van der Waals surface area contributed by atoms with E-state index in [0.29, 0.717) is 5.41 Å². The predicted molar refractivity (Wildman–Crippen MR) is 54.3 cm³/mol. The zero-order valence-corrected chi connectivity index (χ0v) is 9.13. The number of hydrogen-bond acceptors (Lipinski definition) is 1. The van der Waals surface area contributed by atoms with Crippen LogP contribution in [-0.4, -0.2) is 16.4 Å². The Kier molecular flexibility index (Phi) is 8.97. The van der Waals surface area contributed by atoms with Crippen molar-refractivity contribution < 1.29 is 15.0 Å². The molecule has 0 radical (unpaired) electrons. The monoisotopic (exact) mass is 190 g/mol. The standard InChI is InChI=1S/C9H20.CH2O3/c1-5-6-7-8-9(2,3)4;2-1(3)4/h5-8H2,1-4H3;(H2,2,3,4). The van der Waals surface area contributed by atoms with Gasteiger partial charge in [-0.1, -0.05) is 47.0 Å². The number of carbonyl (C=O) groups is 1. The van der Waals surface area contributed by atoms with E-state index in [1.165, 1.54) is 25.7 Å². The van der Waals surface area contributed by atoms with E-state index >= 15 is 0 Å². The van der Waals surface area contributed by atoms with Crippen LogP contribution in [0.5, 0.6) is 0 Å². The third kappa shape index (κ3) is 34.9. The maximum Gasteiger partial charge on any atom is 0.503 e. The number of hydrogen-bond donors (Lipinski definition) is 2. The fourth-order valence-electron chi connectivity index (χ4n) is 0.905. The van der Waals surface area contributed by atoms with Crippen LogP contribution < -0.4 is 0 Å². The second kappa shape index (κ2) is 7.90. The highest BCUT2D eigenvalue weighted by Crippen LogP contribution is 2.21. The first kappa shape index (κ1) is 14.8. The van der Waals surface area contributed by atoms with Gasteiger partial charge in [0.25, 0.3) is 0 Å². The predicted octanol–water partition coefficient (Wildman–Crippen LogP) is 3.84. The van der Waals surface area contributed by atoms with Crippen LogP contribution in [0.15, 0.2) is 0 Å². The van der Waals surface area contributed by atoms with Gasteiger partial charge in [-0.2, -0.15) is 0 Å². The third-order valence-electron chi connectivity index (χ3n) is 1.53. The molecular formula is C10H22O3. The second-order valence-electron chi connectivity index (χ2n) is 4.30. The van der Waals surface area contributed by atoms with Gasteiger partial charge in [-0.05, 0) is 11.8 Å². The van der Waals surface area contributed by atoms with Crippen molar-refractivity contribution in [3.05, 3.63) is 0 Å². The van der Waals surface area contributed by atoms with Crippen LogP contribution in [0.3, 0.4) is 0 Å². The van der Waals surface area contributed by atoms with E-state index in [9.17, 15) is 0 Å². The minimum atomic E-state index is -1.83. The van der Waals surface area contributed by atoms with Gasteiger partial charge < -0.3 is 10.2 Å². The van der Waals surface area contributed by atoms with E-state index in [-0.39, 0.29) is 0 Å². The van der Waals surface area contributed by atoms with Crippen LogP contribution in [0.2, 0.25) is 0 Å². The Balaban J connectivity index is 0. The average Bonchev–Trinajstić information content (AvgIpc) is 1.83. The molecule has 0 rings (SSSR count). The highest BCUT2D eigenvalue weighted by atomic mass is 16.6. The van der Waals surface area contributed by atoms with Gasteiger partial charge >= 0.3 is 6.16 Å². The van der Waals surface area contributed by atoms with Crippen LogP contribution in [0.1, 0.15) is 53.4 Å². The van der Waals surface area contributed by atoms with Gasteiger partial charge in [0.15, 0.2) is 0 Å². The fourth-order valence-corrected chi connectivity index (χ4v) is 0.905. The molecule has 0 aromatic carbocycles. The Labute approximate surface area is 80.8 Å². The van der Waals surface area contributed by atoms with Crippen LogP contribution in [0, 0.1) is 5.41 Å². The van der Waals surface area contributed by atoms with Gasteiger partial charge in [0.1, 0.15) is 0 Å². The zero-order chi connectivity index (χ0) is 10.9. The molecule has 0 amide bonds. The Morgan fingerprint density at radius 3 is 1.77 bits per heavy atom. The average molecular weight is 190 g/mol. The SMILES string of the molecule is CCCCCC(C)(C)C.O=C(O)O. The molecule has 0 aliphatic heterocycles. The molecule has 0 bridgehead atoms. The second-order valence-corrected chi connectivity index (χ2v) is 4.30. The number of unbranched alkanes of at least 4 members (excludes halogenated alkanes) is 2. The summed E-state index contributed by atoms with van der Waals surface area (Å²) >= 11 is 0. The van der Waals surface area contributed by atoms with Crippen molar-refractivity contribution >= 4 is 6.16 Å². The molecule has 3 heteroatoms. The first-order chi connectivity index (χ1) is 5.79. The minimum absolute atomic E-state index is 0.551. The van der Waals surface area contributed by atoms with E-state index in [0.717, 1.165) is 0 Å². The first-order valence-electron chi connectivity index (χ1n) is 4.71. The van der Waals surface area contributed by atoms with Gasteiger partial charge in [-0.3, -0.25) is 0 Å². The zero-order valence-electron chi connectivity index (χ0n) is 9.13. The molecule has 3 nitrogen and oxygen atoms in total. The summed E-state index contributed by atoms with van der Waals surface area (Å²) in [6.07, 6.45) is 3.69. The Hall–Kier alpha value is -0.730. The molecule has 0 saturated carbocycles. The quantitative estimate of drug-likeness (QED) is 0.665. The van der Waals surface area contributed by atoms with E-state index in [1.54, 1.807) is 0 Å². The third-order valence-corrected chi connectivity index (χ3v) is 1.53. The van der Waals surface area contributed by atoms with Gasteiger partial charge in [0.2, 0.25) is 0 Å². The van der Waals surface area contributed by atoms with Gasteiger partial charge in [0, 0.05) is 0 Å². The largest absolute Gasteiger partial charge is 0.503 e. The highest BCUT2D eigenvalue weighted by Gasteiger charge is 2.07. The summed E-state index contributed by atoms with van der Waals surface area (Å²) in [5.41, 5.74) is 0.551. The van der Waals surface area contributed by atoms with Gasteiger partial charge in [-0.25, -0.2) is 4.79 Å². The maximum absolute atomic E-state index is 8.56. The molecule has 0 spiro atoms. The lowest BCUT2D eigenvalue weighted by molar-refractivity contribution is 0.137. The van der Waals surface area contributed by atoms with Gasteiger partial charge in [0.05, 0.1) is 0 Å². The molecule has 0 saturated heterocycles. The summed E-state index contributed by atoms with van der Waals surface area (Å²) in [5, 5.41) is 13.9. The van der Waals surface area contributed by atoms with Crippen LogP contribution in [0.4, 0.5) is 4.79 Å². The summed E-state index contributed by atoms with van der Waals surface area (Å²) in [5.74, 6) is 0. The summed E-state index contributed by atoms with van der Waals surface area (Å²) in [7, 11) is 0. The van der Waals surface area contributed by atoms with Crippen LogP contribution in [0.25, 0.3) is 0 Å². The van der Waals surface area contributed by atoms with Crippen molar-refractivity contribution in [1.82, 2.24) is 0 Å². The summed E-state index contributed by atoms with van der Waals surface area (Å²) in [6.45, 7) is 9.18. The topological polar surface area (TPSA) is 57.5 Å². The molecule has 13 heavy (non-hydrogen) atoms. The lowest BCUT2D eigenvalue weighted by atomic mass is 9.90. The van der Waals surface area contributed by atoms with E-state index in [2.05, 4.69) is 27.7 Å². The Morgan fingerprint density at radius 1 is 1.15 bits per heavy atom. The molecule has 0 fully saturated rings. The smallest absolute Gasteiger partial charge is 0.450 e. The van der Waals surface area contributed by atoms with Gasteiger partial charge in [-0.15, -0.1) is 0 Å². The minimum Gasteiger partial charge on any atom is -0.450 e. The lowest BCUT2D eigenvalue weighted by Crippen LogP contribution is -2.03. The summed E-state index contributed by atoms with van der Waals surface area (Å²) < 4.78 is 0. The van der Waals surface area contributed by atoms with E-state index < -0.39 is 6.16 Å². The lowest BCUT2D eigenvalue weighted by Gasteiger charge is -2.16. The molecule has 0 aliphatic rings. The number of rotatable bonds is 3. The van der Waals surface area contributed by atoms with Crippen molar-refractivity contribution in [1.29, 1.82) is 0 Å². The van der Waals surface area contributed by atoms with Crippen molar-refractivity contribution in [2.75, 3.05) is 0 Å². The molecule has 2 N–H and O–H groups in total. The molecule has 0 aliphatic carbocycles. The van der Waals surface area contributed by atoms with Crippen molar-refractivity contribution in [2.45, 2.75) is 53.4 Å². The van der Waals surface area contributed by atoms with Crippen molar-refractivity contribution in [3.8, 4) is 0 Å². The van der Waals surface area contributed by atoms with Crippen LogP contribution >= 0.6 is 0 Å². The fraction of sp³-hybridized carbons (Fsp3) is 0.900. The van der Waals surface area contributed by atoms with Crippen molar-refractivity contribution in [2.24, 2.45) is 5.41 Å². The molecular weight excluding hydrogens is 168 g/mol. The summed E-state index contributed by atoms with van der Waals surface area (Å²) in [6, 6.07) is 0. The first-order valence-corrected chi connectivity index (χ1v) is 4.71. The molecule has 0 heterocycles. The van der Waals surface area contributed by atoms with Crippen molar-refractivity contribution in [3.63, 3.8) is 0 Å². The highest BCUT2D eigenvalue weighted by molar-refractivity contribution is 5.53. The Morgan fingerprint density at radius 2 is 1.54 bits per heavy atom. The number of carboxylic acid groups (broad SMARTS) is 2. The van der Waals surface area contributed by atoms with Crippen LogP contribution in [-0.2, 0) is 0 Å². The maximum atomic E-state index is 8.56. The van der Waals surface area contributed by atoms with E-state index in [1.807, 2.05) is 0 Å².